The second-order valence-corrected chi connectivity index (χ2v) is 3.69. The molecule has 1 aliphatic rings. The predicted octanol–water partition coefficient (Wildman–Crippen LogP) is 1.33. The van der Waals surface area contributed by atoms with E-state index in [1.807, 2.05) is 25.3 Å². The minimum absolute atomic E-state index is 0.108. The van der Waals surface area contributed by atoms with E-state index in [4.69, 9.17) is 5.11 Å². The second kappa shape index (κ2) is 3.34. The first-order chi connectivity index (χ1) is 6.24. The van der Waals surface area contributed by atoms with E-state index >= 15 is 0 Å². The lowest BCUT2D eigenvalue weighted by Gasteiger charge is -2.32. The Bertz CT molecular complexity index is 277. The van der Waals surface area contributed by atoms with Crippen molar-refractivity contribution in [3.63, 3.8) is 0 Å². The fraction of sp³-hybridized carbons (Fsp3) is 0.500. The van der Waals surface area contributed by atoms with Gasteiger partial charge >= 0.3 is 0 Å². The average Bonchev–Trinajstić information content (AvgIpc) is 2.06. The van der Waals surface area contributed by atoms with Crippen LogP contribution < -0.4 is 5.32 Å². The number of aliphatic hydroxyl groups excluding tert-OH is 1. The van der Waals surface area contributed by atoms with Gasteiger partial charge in [0.15, 0.2) is 0 Å². The highest BCUT2D eigenvalue weighted by Gasteiger charge is 2.26. The van der Waals surface area contributed by atoms with E-state index in [1.54, 1.807) is 0 Å². The fourth-order valence-corrected chi connectivity index (χ4v) is 1.47. The first-order valence-corrected chi connectivity index (χ1v) is 4.61. The largest absolute Gasteiger partial charge is 0.393 e. The second-order valence-electron chi connectivity index (χ2n) is 3.69. The zero-order chi connectivity index (χ0) is 9.26. The molecule has 2 rings (SSSR count). The summed E-state index contributed by atoms with van der Waals surface area (Å²) >= 11 is 0. The van der Waals surface area contributed by atoms with Crippen LogP contribution in [0.4, 0.5) is 5.82 Å². The Morgan fingerprint density at radius 1 is 1.46 bits per heavy atom. The molecule has 3 nitrogen and oxygen atoms in total. The minimum Gasteiger partial charge on any atom is -0.393 e. The van der Waals surface area contributed by atoms with E-state index in [9.17, 15) is 0 Å². The van der Waals surface area contributed by atoms with Crippen molar-refractivity contribution < 1.29 is 5.11 Å². The number of anilines is 1. The van der Waals surface area contributed by atoms with Crippen LogP contribution in [-0.2, 0) is 0 Å². The summed E-state index contributed by atoms with van der Waals surface area (Å²) in [6, 6.07) is 4.41. The molecule has 13 heavy (non-hydrogen) atoms. The van der Waals surface area contributed by atoms with E-state index < -0.39 is 0 Å². The van der Waals surface area contributed by atoms with Crippen LogP contribution in [0.1, 0.15) is 18.4 Å². The molecular formula is C10H14N2O. The Morgan fingerprint density at radius 3 is 2.77 bits per heavy atom. The lowest BCUT2D eigenvalue weighted by atomic mass is 9.89. The first kappa shape index (κ1) is 8.51. The van der Waals surface area contributed by atoms with Gasteiger partial charge in [-0.05, 0) is 31.4 Å². The van der Waals surface area contributed by atoms with Crippen molar-refractivity contribution in [2.75, 3.05) is 5.32 Å². The molecule has 2 N–H and O–H groups in total. The zero-order valence-electron chi connectivity index (χ0n) is 7.70. The van der Waals surface area contributed by atoms with Gasteiger partial charge in [0.25, 0.3) is 0 Å². The summed E-state index contributed by atoms with van der Waals surface area (Å²) in [5.74, 6) is 0.905. The zero-order valence-corrected chi connectivity index (χ0v) is 7.70. The van der Waals surface area contributed by atoms with Gasteiger partial charge in [0, 0.05) is 12.2 Å². The molecule has 0 amide bonds. The summed E-state index contributed by atoms with van der Waals surface area (Å²) in [5.41, 5.74) is 1.17. The van der Waals surface area contributed by atoms with Crippen molar-refractivity contribution in [3.05, 3.63) is 23.9 Å². The lowest BCUT2D eigenvalue weighted by Crippen LogP contribution is -2.39. The molecule has 0 spiro atoms. The maximum Gasteiger partial charge on any atom is 0.126 e. The Hall–Kier alpha value is -1.09. The van der Waals surface area contributed by atoms with Crippen molar-refractivity contribution in [2.45, 2.75) is 31.9 Å². The molecule has 0 saturated heterocycles. The summed E-state index contributed by atoms with van der Waals surface area (Å²) in [7, 11) is 0. The third-order valence-electron chi connectivity index (χ3n) is 2.38. The van der Waals surface area contributed by atoms with E-state index in [-0.39, 0.29) is 6.10 Å². The van der Waals surface area contributed by atoms with Crippen LogP contribution in [0.25, 0.3) is 0 Å². The maximum absolute atomic E-state index is 9.08. The molecule has 70 valence electrons. The normalized spacial score (nSPS) is 26.6. The first-order valence-electron chi connectivity index (χ1n) is 4.61. The number of aryl methyl sites for hydroxylation is 1. The highest BCUT2D eigenvalue weighted by Crippen LogP contribution is 2.22. The smallest absolute Gasteiger partial charge is 0.126 e. The Balaban J connectivity index is 1.91. The summed E-state index contributed by atoms with van der Waals surface area (Å²) in [6.07, 6.45) is 3.42. The highest BCUT2D eigenvalue weighted by atomic mass is 16.3. The number of nitrogens with zero attached hydrogens (tertiary/aromatic N) is 1. The molecule has 0 aromatic carbocycles. The monoisotopic (exact) mass is 178 g/mol. The SMILES string of the molecule is Cc1ccc(N[C@H]2C[C@H](O)C2)nc1. The van der Waals surface area contributed by atoms with Gasteiger partial charge in [-0.2, -0.15) is 0 Å². The van der Waals surface area contributed by atoms with Gasteiger partial charge in [0.1, 0.15) is 5.82 Å². The van der Waals surface area contributed by atoms with Crippen LogP contribution in [-0.4, -0.2) is 22.2 Å². The molecule has 1 saturated carbocycles. The molecule has 0 atom stereocenters. The van der Waals surface area contributed by atoms with Gasteiger partial charge in [0.2, 0.25) is 0 Å². The Morgan fingerprint density at radius 2 is 2.23 bits per heavy atom. The van der Waals surface area contributed by atoms with Gasteiger partial charge in [-0.15, -0.1) is 0 Å². The maximum atomic E-state index is 9.08. The van der Waals surface area contributed by atoms with Gasteiger partial charge in [-0.1, -0.05) is 6.07 Å². The number of hydrogen-bond donors (Lipinski definition) is 2. The fourth-order valence-electron chi connectivity index (χ4n) is 1.47. The topological polar surface area (TPSA) is 45.1 Å². The van der Waals surface area contributed by atoms with Crippen LogP contribution >= 0.6 is 0 Å². The number of rotatable bonds is 2. The quantitative estimate of drug-likeness (QED) is 0.718. The Labute approximate surface area is 77.8 Å². The molecule has 1 fully saturated rings. The van der Waals surface area contributed by atoms with Crippen molar-refractivity contribution in [3.8, 4) is 0 Å². The third-order valence-corrected chi connectivity index (χ3v) is 2.38. The van der Waals surface area contributed by atoms with Crippen LogP contribution in [0.5, 0.6) is 0 Å². The molecule has 1 heterocycles. The number of pyridine rings is 1. The summed E-state index contributed by atoms with van der Waals surface area (Å²) in [6.45, 7) is 2.02. The standard InChI is InChI=1S/C10H14N2O/c1-7-2-3-10(11-6-7)12-8-4-9(13)5-8/h2-3,6,8-9,13H,4-5H2,1H3,(H,11,12)/t8-,9-. The van der Waals surface area contributed by atoms with Gasteiger partial charge in [-0.25, -0.2) is 4.98 Å². The van der Waals surface area contributed by atoms with Crippen molar-refractivity contribution in [2.24, 2.45) is 0 Å². The van der Waals surface area contributed by atoms with Crippen LogP contribution in [0, 0.1) is 6.92 Å². The molecular weight excluding hydrogens is 164 g/mol. The molecule has 0 radical (unpaired) electrons. The number of aliphatic hydroxyl groups is 1. The van der Waals surface area contributed by atoms with Crippen LogP contribution in [0.3, 0.4) is 0 Å². The predicted molar refractivity (Wildman–Crippen MR) is 51.6 cm³/mol. The summed E-state index contributed by atoms with van der Waals surface area (Å²) in [4.78, 5) is 4.23. The van der Waals surface area contributed by atoms with Crippen molar-refractivity contribution in [1.29, 1.82) is 0 Å². The van der Waals surface area contributed by atoms with Gasteiger partial charge in [-0.3, -0.25) is 0 Å². The van der Waals surface area contributed by atoms with Crippen molar-refractivity contribution >= 4 is 5.82 Å². The van der Waals surface area contributed by atoms with E-state index in [0.717, 1.165) is 18.7 Å². The van der Waals surface area contributed by atoms with Crippen molar-refractivity contribution in [1.82, 2.24) is 4.98 Å². The summed E-state index contributed by atoms with van der Waals surface area (Å²) in [5, 5.41) is 12.3. The van der Waals surface area contributed by atoms with Gasteiger partial charge in [0.05, 0.1) is 6.10 Å². The summed E-state index contributed by atoms with van der Waals surface area (Å²) < 4.78 is 0. The molecule has 0 unspecified atom stereocenters. The van der Waals surface area contributed by atoms with Crippen LogP contribution in [0.15, 0.2) is 18.3 Å². The lowest BCUT2D eigenvalue weighted by molar-refractivity contribution is 0.0835. The highest BCUT2D eigenvalue weighted by molar-refractivity contribution is 5.37. The molecule has 1 aromatic heterocycles. The third kappa shape index (κ3) is 1.98. The Kier molecular flexibility index (Phi) is 2.19. The molecule has 1 aliphatic carbocycles. The molecule has 1 aromatic rings. The molecule has 0 aliphatic heterocycles. The van der Waals surface area contributed by atoms with E-state index in [0.29, 0.717) is 6.04 Å². The number of hydrogen-bond acceptors (Lipinski definition) is 3. The van der Waals surface area contributed by atoms with Crippen LogP contribution in [0.2, 0.25) is 0 Å². The minimum atomic E-state index is -0.108. The van der Waals surface area contributed by atoms with Gasteiger partial charge < -0.3 is 10.4 Å². The van der Waals surface area contributed by atoms with E-state index in [1.165, 1.54) is 5.56 Å². The average molecular weight is 178 g/mol. The molecule has 3 heteroatoms. The number of nitrogens with one attached hydrogen (secondary N) is 1. The van der Waals surface area contributed by atoms with E-state index in [2.05, 4.69) is 10.3 Å². The molecule has 0 bridgehead atoms. The number of aromatic nitrogens is 1.